The van der Waals surface area contributed by atoms with Crippen molar-refractivity contribution in [3.05, 3.63) is 29.6 Å². The third-order valence-corrected chi connectivity index (χ3v) is 2.73. The summed E-state index contributed by atoms with van der Waals surface area (Å²) in [5.74, 6) is 6.21. The highest BCUT2D eigenvalue weighted by Crippen LogP contribution is 2.16. The van der Waals surface area contributed by atoms with Crippen LogP contribution in [0.5, 0.6) is 0 Å². The number of aromatic nitrogens is 2. The number of nitrogens with one attached hydrogen (secondary N) is 2. The van der Waals surface area contributed by atoms with Crippen molar-refractivity contribution in [3.63, 3.8) is 0 Å². The van der Waals surface area contributed by atoms with Crippen molar-refractivity contribution in [1.82, 2.24) is 20.3 Å². The monoisotopic (exact) mass is 219 g/mol. The molecule has 0 spiro atoms. The topological polar surface area (TPSA) is 67.9 Å². The average Bonchev–Trinajstić information content (AvgIpc) is 2.55. The van der Waals surface area contributed by atoms with E-state index in [2.05, 4.69) is 38.5 Å². The maximum absolute atomic E-state index is 5.18. The summed E-state index contributed by atoms with van der Waals surface area (Å²) in [6.45, 7) is 3.39. The molecule has 4 N–H and O–H groups in total. The molecule has 0 atom stereocenters. The molecular formula is C11H17N5. The lowest BCUT2D eigenvalue weighted by atomic mass is 10.2. The van der Waals surface area contributed by atoms with Gasteiger partial charge in [-0.15, -0.1) is 0 Å². The Hall–Kier alpha value is -1.43. The summed E-state index contributed by atoms with van der Waals surface area (Å²) < 4.78 is 2.09. The number of benzene rings is 1. The number of nitrogens with zero attached hydrogens (tertiary/aromatic N) is 2. The van der Waals surface area contributed by atoms with E-state index in [0.717, 1.165) is 23.4 Å². The highest BCUT2D eigenvalue weighted by atomic mass is 15.3. The molecule has 1 aromatic heterocycles. The first-order valence-corrected chi connectivity index (χ1v) is 5.28. The molecule has 5 nitrogen and oxygen atoms in total. The van der Waals surface area contributed by atoms with Gasteiger partial charge >= 0.3 is 0 Å². The van der Waals surface area contributed by atoms with E-state index in [4.69, 9.17) is 5.84 Å². The van der Waals surface area contributed by atoms with Crippen molar-refractivity contribution in [3.8, 4) is 0 Å². The van der Waals surface area contributed by atoms with Crippen LogP contribution in [0.1, 0.15) is 11.4 Å². The average molecular weight is 219 g/mol. The zero-order valence-electron chi connectivity index (χ0n) is 9.62. The highest BCUT2D eigenvalue weighted by molar-refractivity contribution is 5.76. The number of hydrogen-bond donors (Lipinski definition) is 3. The molecule has 86 valence electrons. The highest BCUT2D eigenvalue weighted by Gasteiger charge is 2.04. The molecule has 5 heteroatoms. The number of fused-ring (bicyclic) bond motifs is 1. The van der Waals surface area contributed by atoms with E-state index in [1.807, 2.05) is 14.0 Å². The van der Waals surface area contributed by atoms with E-state index >= 15 is 0 Å². The molecule has 16 heavy (non-hydrogen) atoms. The van der Waals surface area contributed by atoms with Crippen LogP contribution in [-0.4, -0.2) is 16.2 Å². The molecule has 0 unspecified atom stereocenters. The Kier molecular flexibility index (Phi) is 3.19. The van der Waals surface area contributed by atoms with Gasteiger partial charge in [0.15, 0.2) is 0 Å². The van der Waals surface area contributed by atoms with Crippen LogP contribution in [0.3, 0.4) is 0 Å². The minimum atomic E-state index is 0.597. The van der Waals surface area contributed by atoms with E-state index in [1.54, 1.807) is 0 Å². The smallest absolute Gasteiger partial charge is 0.106 e. The molecule has 0 aliphatic carbocycles. The molecule has 0 aliphatic rings. The second-order valence-corrected chi connectivity index (χ2v) is 3.85. The van der Waals surface area contributed by atoms with Gasteiger partial charge in [-0.25, -0.2) is 10.4 Å². The summed E-state index contributed by atoms with van der Waals surface area (Å²) >= 11 is 0. The van der Waals surface area contributed by atoms with Gasteiger partial charge in [0.2, 0.25) is 0 Å². The number of rotatable bonds is 4. The van der Waals surface area contributed by atoms with Crippen LogP contribution in [0.2, 0.25) is 0 Å². The number of hydrazine groups is 1. The van der Waals surface area contributed by atoms with Crippen molar-refractivity contribution >= 4 is 11.0 Å². The van der Waals surface area contributed by atoms with E-state index in [-0.39, 0.29) is 0 Å². The van der Waals surface area contributed by atoms with E-state index in [1.165, 1.54) is 5.56 Å². The van der Waals surface area contributed by atoms with Crippen molar-refractivity contribution in [2.75, 3.05) is 6.67 Å². The van der Waals surface area contributed by atoms with E-state index in [0.29, 0.717) is 6.67 Å². The van der Waals surface area contributed by atoms with Crippen LogP contribution < -0.4 is 16.6 Å². The first-order chi connectivity index (χ1) is 7.72. The van der Waals surface area contributed by atoms with Crippen LogP contribution in [-0.2, 0) is 13.6 Å². The predicted molar refractivity (Wildman–Crippen MR) is 64.5 cm³/mol. The van der Waals surface area contributed by atoms with Crippen molar-refractivity contribution in [2.45, 2.75) is 13.5 Å². The Morgan fingerprint density at radius 2 is 2.25 bits per heavy atom. The molecule has 0 fully saturated rings. The Morgan fingerprint density at radius 3 is 3.00 bits per heavy atom. The molecule has 0 radical (unpaired) electrons. The van der Waals surface area contributed by atoms with Gasteiger partial charge in [0.05, 0.1) is 17.7 Å². The number of hydrogen-bond acceptors (Lipinski definition) is 4. The maximum atomic E-state index is 5.18. The first-order valence-electron chi connectivity index (χ1n) is 5.28. The molecule has 0 amide bonds. The van der Waals surface area contributed by atoms with E-state index < -0.39 is 0 Å². The SMILES string of the molecule is Cc1nc2cc(CNCNN)ccc2n1C. The fourth-order valence-corrected chi connectivity index (χ4v) is 1.75. The van der Waals surface area contributed by atoms with Gasteiger partial charge in [-0.3, -0.25) is 11.2 Å². The summed E-state index contributed by atoms with van der Waals surface area (Å²) in [7, 11) is 2.03. The zero-order valence-corrected chi connectivity index (χ0v) is 9.62. The van der Waals surface area contributed by atoms with Gasteiger partial charge in [0, 0.05) is 13.6 Å². The summed E-state index contributed by atoms with van der Waals surface area (Å²) in [5.41, 5.74) is 5.97. The Morgan fingerprint density at radius 1 is 1.44 bits per heavy atom. The van der Waals surface area contributed by atoms with Crippen LogP contribution in [0.4, 0.5) is 0 Å². The summed E-state index contributed by atoms with van der Waals surface area (Å²) in [5, 5.41) is 3.17. The number of imidazole rings is 1. The molecule has 1 aromatic carbocycles. The quantitative estimate of drug-likeness (QED) is 0.301. The molecule has 2 rings (SSSR count). The second kappa shape index (κ2) is 4.61. The third-order valence-electron chi connectivity index (χ3n) is 2.73. The van der Waals surface area contributed by atoms with Gasteiger partial charge in [0.1, 0.15) is 5.82 Å². The summed E-state index contributed by atoms with van der Waals surface area (Å²) in [4.78, 5) is 4.50. The number of aryl methyl sites for hydroxylation is 2. The van der Waals surface area contributed by atoms with Gasteiger partial charge in [-0.2, -0.15) is 0 Å². The van der Waals surface area contributed by atoms with Crippen LogP contribution in [0.25, 0.3) is 11.0 Å². The normalized spacial score (nSPS) is 11.2. The Labute approximate surface area is 94.6 Å². The molecular weight excluding hydrogens is 202 g/mol. The summed E-state index contributed by atoms with van der Waals surface area (Å²) in [6.07, 6.45) is 0. The van der Waals surface area contributed by atoms with E-state index in [9.17, 15) is 0 Å². The minimum Gasteiger partial charge on any atom is -0.331 e. The lowest BCUT2D eigenvalue weighted by Crippen LogP contribution is -2.33. The lowest BCUT2D eigenvalue weighted by molar-refractivity contribution is 0.601. The number of nitrogens with two attached hydrogens (primary N) is 1. The van der Waals surface area contributed by atoms with Gasteiger partial charge in [-0.05, 0) is 24.6 Å². The molecule has 0 bridgehead atoms. The Balaban J connectivity index is 2.23. The zero-order chi connectivity index (χ0) is 11.5. The predicted octanol–water partition coefficient (Wildman–Crippen LogP) is 0.392. The van der Waals surface area contributed by atoms with Crippen molar-refractivity contribution in [1.29, 1.82) is 0 Å². The molecule has 0 saturated heterocycles. The van der Waals surface area contributed by atoms with Crippen LogP contribution >= 0.6 is 0 Å². The molecule has 1 heterocycles. The fourth-order valence-electron chi connectivity index (χ4n) is 1.75. The standard InChI is InChI=1S/C11H17N5/c1-8-15-10-5-9(6-13-7-14-12)3-4-11(10)16(8)2/h3-5,13-14H,6-7,12H2,1-2H3. The lowest BCUT2D eigenvalue weighted by Gasteiger charge is -2.04. The third kappa shape index (κ3) is 2.06. The van der Waals surface area contributed by atoms with Gasteiger partial charge < -0.3 is 4.57 Å². The van der Waals surface area contributed by atoms with Crippen LogP contribution in [0.15, 0.2) is 18.2 Å². The molecule has 2 aromatic rings. The minimum absolute atomic E-state index is 0.597. The largest absolute Gasteiger partial charge is 0.331 e. The van der Waals surface area contributed by atoms with Crippen LogP contribution in [0, 0.1) is 6.92 Å². The van der Waals surface area contributed by atoms with Gasteiger partial charge in [-0.1, -0.05) is 6.07 Å². The maximum Gasteiger partial charge on any atom is 0.106 e. The van der Waals surface area contributed by atoms with Gasteiger partial charge in [0.25, 0.3) is 0 Å². The molecule has 0 aliphatic heterocycles. The van der Waals surface area contributed by atoms with Crippen molar-refractivity contribution < 1.29 is 0 Å². The Bertz CT molecular complexity index is 488. The van der Waals surface area contributed by atoms with Crippen molar-refractivity contribution in [2.24, 2.45) is 12.9 Å². The second-order valence-electron chi connectivity index (χ2n) is 3.85. The fraction of sp³-hybridized carbons (Fsp3) is 0.364. The first kappa shape index (κ1) is 11.1. The molecule has 0 saturated carbocycles. The summed E-state index contributed by atoms with van der Waals surface area (Å²) in [6, 6.07) is 6.31.